The first-order valence-electron chi connectivity index (χ1n) is 6.13. The minimum atomic E-state index is -1.01. The molecule has 0 saturated heterocycles. The molecule has 5 heteroatoms. The Labute approximate surface area is 103 Å². The lowest BCUT2D eigenvalue weighted by atomic mass is 9.96. The number of amides is 1. The molecule has 4 atom stereocenters. The molecule has 0 aromatic carbocycles. The highest BCUT2D eigenvalue weighted by Crippen LogP contribution is 2.10. The standard InChI is InChI=1S/C12H24N2O3/c1-5-7(3)9(13)11(15)14-10(12(16)17)8(4)6-2/h7-10H,5-6,13H2,1-4H3,(H,14,15)(H,16,17)/t7-,8-,9-,10-/m0/s1. The molecule has 5 nitrogen and oxygen atoms in total. The van der Waals surface area contributed by atoms with Crippen LogP contribution < -0.4 is 11.1 Å². The van der Waals surface area contributed by atoms with Crippen LogP contribution >= 0.6 is 0 Å². The van der Waals surface area contributed by atoms with Gasteiger partial charge in [0.05, 0.1) is 6.04 Å². The molecule has 4 N–H and O–H groups in total. The number of rotatable bonds is 7. The molecule has 0 aliphatic rings. The maximum absolute atomic E-state index is 11.8. The molecule has 0 aromatic heterocycles. The predicted octanol–water partition coefficient (Wildman–Crippen LogP) is 0.975. The van der Waals surface area contributed by atoms with E-state index in [1.165, 1.54) is 0 Å². The number of nitrogens with one attached hydrogen (secondary N) is 1. The van der Waals surface area contributed by atoms with Crippen molar-refractivity contribution >= 4 is 11.9 Å². The van der Waals surface area contributed by atoms with Crippen LogP contribution in [0, 0.1) is 11.8 Å². The number of carboxylic acids is 1. The summed E-state index contributed by atoms with van der Waals surface area (Å²) in [5, 5.41) is 11.6. The van der Waals surface area contributed by atoms with Crippen molar-refractivity contribution in [3.8, 4) is 0 Å². The summed E-state index contributed by atoms with van der Waals surface area (Å²) >= 11 is 0. The zero-order valence-corrected chi connectivity index (χ0v) is 11.1. The van der Waals surface area contributed by atoms with Crippen LogP contribution in [0.1, 0.15) is 40.5 Å². The highest BCUT2D eigenvalue weighted by atomic mass is 16.4. The molecule has 0 bridgehead atoms. The first-order valence-corrected chi connectivity index (χ1v) is 6.13. The Morgan fingerprint density at radius 3 is 2.00 bits per heavy atom. The van der Waals surface area contributed by atoms with Crippen molar-refractivity contribution in [1.82, 2.24) is 5.32 Å². The maximum Gasteiger partial charge on any atom is 0.326 e. The van der Waals surface area contributed by atoms with Gasteiger partial charge in [-0.3, -0.25) is 4.79 Å². The molecular formula is C12H24N2O3. The summed E-state index contributed by atoms with van der Waals surface area (Å²) in [7, 11) is 0. The topological polar surface area (TPSA) is 92.4 Å². The van der Waals surface area contributed by atoms with Crippen molar-refractivity contribution in [3.63, 3.8) is 0 Å². The van der Waals surface area contributed by atoms with Gasteiger partial charge in [-0.2, -0.15) is 0 Å². The summed E-state index contributed by atoms with van der Waals surface area (Å²) < 4.78 is 0. The van der Waals surface area contributed by atoms with E-state index in [4.69, 9.17) is 10.8 Å². The average Bonchev–Trinajstić information content (AvgIpc) is 2.32. The van der Waals surface area contributed by atoms with Crippen molar-refractivity contribution in [2.75, 3.05) is 0 Å². The molecule has 0 saturated carbocycles. The van der Waals surface area contributed by atoms with Crippen molar-refractivity contribution in [2.45, 2.75) is 52.6 Å². The summed E-state index contributed by atoms with van der Waals surface area (Å²) in [6.45, 7) is 7.51. The lowest BCUT2D eigenvalue weighted by molar-refractivity contribution is -0.143. The number of hydrogen-bond acceptors (Lipinski definition) is 3. The number of aliphatic carboxylic acids is 1. The fraction of sp³-hybridized carbons (Fsp3) is 0.833. The van der Waals surface area contributed by atoms with Crippen LogP contribution in [0.2, 0.25) is 0 Å². The van der Waals surface area contributed by atoms with E-state index in [9.17, 15) is 9.59 Å². The van der Waals surface area contributed by atoms with Gasteiger partial charge in [0.15, 0.2) is 0 Å². The molecule has 0 spiro atoms. The Balaban J connectivity index is 4.56. The zero-order chi connectivity index (χ0) is 13.6. The lowest BCUT2D eigenvalue weighted by Crippen LogP contribution is -2.52. The molecule has 0 aromatic rings. The maximum atomic E-state index is 11.8. The third kappa shape index (κ3) is 4.73. The molecule has 17 heavy (non-hydrogen) atoms. The summed E-state index contributed by atoms with van der Waals surface area (Å²) in [6, 6.07) is -1.51. The third-order valence-electron chi connectivity index (χ3n) is 3.34. The zero-order valence-electron chi connectivity index (χ0n) is 11.1. The molecule has 0 radical (unpaired) electrons. The molecule has 0 rings (SSSR count). The third-order valence-corrected chi connectivity index (χ3v) is 3.34. The van der Waals surface area contributed by atoms with E-state index in [0.717, 1.165) is 6.42 Å². The van der Waals surface area contributed by atoms with E-state index >= 15 is 0 Å². The van der Waals surface area contributed by atoms with Crippen LogP contribution in [0.15, 0.2) is 0 Å². The summed E-state index contributed by atoms with van der Waals surface area (Å²) in [4.78, 5) is 22.8. The van der Waals surface area contributed by atoms with E-state index in [-0.39, 0.29) is 17.7 Å². The molecule has 0 fully saturated rings. The fourth-order valence-electron chi connectivity index (χ4n) is 1.44. The van der Waals surface area contributed by atoms with Crippen LogP contribution in [-0.4, -0.2) is 29.1 Å². The predicted molar refractivity (Wildman–Crippen MR) is 66.5 cm³/mol. The first kappa shape index (κ1) is 15.9. The second kappa shape index (κ2) is 7.27. The minimum Gasteiger partial charge on any atom is -0.480 e. The molecule has 0 aliphatic carbocycles. The van der Waals surface area contributed by atoms with Crippen molar-refractivity contribution in [3.05, 3.63) is 0 Å². The van der Waals surface area contributed by atoms with Gasteiger partial charge < -0.3 is 16.2 Å². The molecule has 0 aliphatic heterocycles. The van der Waals surface area contributed by atoms with Crippen LogP contribution in [0.25, 0.3) is 0 Å². The van der Waals surface area contributed by atoms with E-state index in [0.29, 0.717) is 6.42 Å². The minimum absolute atomic E-state index is 0.0429. The molecule has 0 unspecified atom stereocenters. The van der Waals surface area contributed by atoms with Gasteiger partial charge >= 0.3 is 5.97 Å². The first-order chi connectivity index (χ1) is 7.84. The second-order valence-corrected chi connectivity index (χ2v) is 4.62. The second-order valence-electron chi connectivity index (χ2n) is 4.62. The number of nitrogens with two attached hydrogens (primary N) is 1. The van der Waals surface area contributed by atoms with Crippen LogP contribution in [-0.2, 0) is 9.59 Å². The Kier molecular flexibility index (Phi) is 6.80. The van der Waals surface area contributed by atoms with E-state index in [1.807, 2.05) is 20.8 Å². The summed E-state index contributed by atoms with van der Waals surface area (Å²) in [6.07, 6.45) is 1.48. The Hall–Kier alpha value is -1.10. The Morgan fingerprint density at radius 1 is 1.18 bits per heavy atom. The van der Waals surface area contributed by atoms with Gasteiger partial charge in [-0.1, -0.05) is 40.5 Å². The highest BCUT2D eigenvalue weighted by molar-refractivity contribution is 5.87. The number of carbonyl (C=O) groups is 2. The number of hydrogen-bond donors (Lipinski definition) is 3. The van der Waals surface area contributed by atoms with E-state index in [2.05, 4.69) is 5.32 Å². The Morgan fingerprint density at radius 2 is 1.65 bits per heavy atom. The van der Waals surface area contributed by atoms with E-state index in [1.54, 1.807) is 6.92 Å². The highest BCUT2D eigenvalue weighted by Gasteiger charge is 2.28. The molecular weight excluding hydrogens is 220 g/mol. The quantitative estimate of drug-likeness (QED) is 0.622. The largest absolute Gasteiger partial charge is 0.480 e. The Bertz CT molecular complexity index is 268. The average molecular weight is 244 g/mol. The summed E-state index contributed by atoms with van der Waals surface area (Å²) in [5.41, 5.74) is 5.76. The van der Waals surface area contributed by atoms with Gasteiger partial charge in [0.1, 0.15) is 6.04 Å². The normalized spacial score (nSPS) is 17.9. The summed E-state index contributed by atoms with van der Waals surface area (Å²) in [5.74, 6) is -1.46. The van der Waals surface area contributed by atoms with Crippen LogP contribution in [0.4, 0.5) is 0 Å². The van der Waals surface area contributed by atoms with Crippen LogP contribution in [0.5, 0.6) is 0 Å². The smallest absolute Gasteiger partial charge is 0.326 e. The van der Waals surface area contributed by atoms with Crippen molar-refractivity contribution in [1.29, 1.82) is 0 Å². The van der Waals surface area contributed by atoms with Gasteiger partial charge in [0, 0.05) is 0 Å². The van der Waals surface area contributed by atoms with Gasteiger partial charge in [-0.25, -0.2) is 4.79 Å². The van der Waals surface area contributed by atoms with Crippen molar-refractivity contribution < 1.29 is 14.7 Å². The molecule has 1 amide bonds. The van der Waals surface area contributed by atoms with Gasteiger partial charge in [-0.15, -0.1) is 0 Å². The van der Waals surface area contributed by atoms with Gasteiger partial charge in [0.25, 0.3) is 0 Å². The van der Waals surface area contributed by atoms with Gasteiger partial charge in [-0.05, 0) is 11.8 Å². The van der Waals surface area contributed by atoms with E-state index < -0.39 is 18.1 Å². The number of carboxylic acid groups (broad SMARTS) is 1. The SMILES string of the molecule is CC[C@H](C)[C@H](N)C(=O)N[C@H](C(=O)O)[C@@H](C)CC. The lowest BCUT2D eigenvalue weighted by Gasteiger charge is -2.24. The van der Waals surface area contributed by atoms with Gasteiger partial charge in [0.2, 0.25) is 5.91 Å². The number of carbonyl (C=O) groups excluding carboxylic acids is 1. The molecule has 0 heterocycles. The monoisotopic (exact) mass is 244 g/mol. The molecule has 100 valence electrons. The fourth-order valence-corrected chi connectivity index (χ4v) is 1.44. The van der Waals surface area contributed by atoms with Crippen LogP contribution in [0.3, 0.4) is 0 Å². The van der Waals surface area contributed by atoms with Crippen molar-refractivity contribution in [2.24, 2.45) is 17.6 Å².